The molecule has 0 aromatic heterocycles. The van der Waals surface area contributed by atoms with Crippen LogP contribution in [-0.2, 0) is 14.9 Å². The van der Waals surface area contributed by atoms with Crippen molar-refractivity contribution in [3.05, 3.63) is 85.1 Å². The lowest BCUT2D eigenvalue weighted by Gasteiger charge is -2.21. The van der Waals surface area contributed by atoms with E-state index in [2.05, 4.69) is 92.1 Å². The van der Waals surface area contributed by atoms with Crippen LogP contribution in [0.25, 0.3) is 0 Å². The molecule has 2 atom stereocenters. The fourth-order valence-electron chi connectivity index (χ4n) is 3.92. The molecule has 42 heavy (non-hydrogen) atoms. The normalized spacial score (nSPS) is 14.7. The number of allylic oxidation sites excluding steroid dienone is 13. The summed E-state index contributed by atoms with van der Waals surface area (Å²) in [5.41, 5.74) is 0. The summed E-state index contributed by atoms with van der Waals surface area (Å²) in [4.78, 5) is 12.4. The third-order valence-corrected chi connectivity index (χ3v) is 7.06. The zero-order chi connectivity index (χ0) is 31.2. The van der Waals surface area contributed by atoms with Crippen LogP contribution in [0.4, 0.5) is 0 Å². The van der Waals surface area contributed by atoms with E-state index in [0.717, 1.165) is 64.2 Å². The van der Waals surface area contributed by atoms with Gasteiger partial charge in [-0.05, 0) is 77.0 Å². The summed E-state index contributed by atoms with van der Waals surface area (Å²) in [6.07, 6.45) is 41.4. The Balaban J connectivity index is 4.27. The fourth-order valence-corrected chi connectivity index (χ4v) is 4.66. The predicted octanol–water partition coefficient (Wildman–Crippen LogP) is 8.50. The summed E-state index contributed by atoms with van der Waals surface area (Å²) in [5, 5.41) is 13.0. The third-order valence-electron chi connectivity index (χ3n) is 6.28. The second-order valence-electron chi connectivity index (χ2n) is 10.3. The molecular formula is C35H57NO5S. The van der Waals surface area contributed by atoms with Gasteiger partial charge in [-0.1, -0.05) is 112 Å². The van der Waals surface area contributed by atoms with Crippen LogP contribution in [-0.4, -0.2) is 41.9 Å². The second-order valence-corrected chi connectivity index (χ2v) is 11.8. The van der Waals surface area contributed by atoms with Crippen LogP contribution in [0.3, 0.4) is 0 Å². The molecule has 238 valence electrons. The summed E-state index contributed by atoms with van der Waals surface area (Å²) >= 11 is 0. The molecule has 0 aliphatic carbocycles. The number of hydrogen-bond acceptors (Lipinski definition) is 4. The van der Waals surface area contributed by atoms with Crippen LogP contribution in [0, 0.1) is 0 Å². The maximum atomic E-state index is 12.4. The van der Waals surface area contributed by atoms with Crippen molar-refractivity contribution in [1.29, 1.82) is 0 Å². The van der Waals surface area contributed by atoms with Crippen molar-refractivity contribution in [3.63, 3.8) is 0 Å². The molecule has 0 bridgehead atoms. The Bertz CT molecular complexity index is 973. The van der Waals surface area contributed by atoms with Gasteiger partial charge in [0.25, 0.3) is 10.1 Å². The summed E-state index contributed by atoms with van der Waals surface area (Å²) in [6.45, 7) is 4.31. The number of hydrogen-bond donors (Lipinski definition) is 3. The Morgan fingerprint density at radius 1 is 0.667 bits per heavy atom. The predicted molar refractivity (Wildman–Crippen MR) is 179 cm³/mol. The van der Waals surface area contributed by atoms with Crippen molar-refractivity contribution in [3.8, 4) is 0 Å². The minimum absolute atomic E-state index is 0.227. The maximum Gasteiger partial charge on any atom is 0.267 e. The smallest absolute Gasteiger partial charge is 0.267 e. The van der Waals surface area contributed by atoms with Crippen molar-refractivity contribution < 1.29 is 22.9 Å². The second kappa shape index (κ2) is 28.6. The Hall–Kier alpha value is -2.48. The molecule has 6 nitrogen and oxygen atoms in total. The summed E-state index contributed by atoms with van der Waals surface area (Å²) in [7, 11) is -4.37. The molecule has 0 rings (SSSR count). The Morgan fingerprint density at radius 2 is 1.14 bits per heavy atom. The zero-order valence-electron chi connectivity index (χ0n) is 26.1. The van der Waals surface area contributed by atoms with E-state index in [1.165, 1.54) is 18.9 Å². The highest BCUT2D eigenvalue weighted by Gasteiger charge is 2.24. The number of unbranched alkanes of at least 4 members (excludes halogenated alkanes) is 6. The first-order chi connectivity index (χ1) is 20.3. The van der Waals surface area contributed by atoms with Gasteiger partial charge >= 0.3 is 0 Å². The van der Waals surface area contributed by atoms with E-state index in [4.69, 9.17) is 0 Å². The van der Waals surface area contributed by atoms with Crippen LogP contribution in [0.1, 0.15) is 110 Å². The number of rotatable bonds is 26. The summed E-state index contributed by atoms with van der Waals surface area (Å²) in [5.74, 6) is -1.08. The van der Waals surface area contributed by atoms with Gasteiger partial charge in [0.15, 0.2) is 0 Å². The SMILES string of the molecule is CC/C=C\C/C=C\C/C=C\C/C=C\CCCCC(=O)NC(CS(=O)(=O)O)C(O)/C=C/CC/C=C/CC/C=C/CCCC. The van der Waals surface area contributed by atoms with Gasteiger partial charge in [-0.3, -0.25) is 9.35 Å². The minimum atomic E-state index is -4.37. The average molecular weight is 604 g/mol. The average Bonchev–Trinajstić information content (AvgIpc) is 2.94. The Kier molecular flexibility index (Phi) is 26.9. The molecule has 0 aliphatic rings. The first-order valence-electron chi connectivity index (χ1n) is 15.8. The zero-order valence-corrected chi connectivity index (χ0v) is 26.9. The van der Waals surface area contributed by atoms with Crippen molar-refractivity contribution in [2.45, 2.75) is 122 Å². The molecule has 0 aromatic rings. The van der Waals surface area contributed by atoms with Crippen LogP contribution in [0.5, 0.6) is 0 Å². The lowest BCUT2D eigenvalue weighted by Crippen LogP contribution is -2.46. The standard InChI is InChI=1S/C35H57NO5S/c1-3-5-7-9-11-13-15-17-18-19-21-23-25-27-29-31-35(38)36-33(32-42(39,40)41)34(37)30-28-26-24-22-20-16-14-12-10-8-6-4-2/h5,7,10-13,17-18,20-23,28,30,33-34,37H,3-4,6,8-9,14-16,19,24-27,29,31-32H2,1-2H3,(H,36,38)(H,39,40,41)/b7-5-,12-10+,13-11-,18-17-,22-20+,23-21-,30-28+. The molecule has 0 heterocycles. The van der Waals surface area contributed by atoms with Gasteiger partial charge in [-0.15, -0.1) is 0 Å². The fraction of sp³-hybridized carbons (Fsp3) is 0.571. The van der Waals surface area contributed by atoms with E-state index in [9.17, 15) is 22.9 Å². The molecule has 3 N–H and O–H groups in total. The van der Waals surface area contributed by atoms with Crippen LogP contribution in [0.15, 0.2) is 85.1 Å². The van der Waals surface area contributed by atoms with E-state index in [-0.39, 0.29) is 12.3 Å². The van der Waals surface area contributed by atoms with E-state index >= 15 is 0 Å². The van der Waals surface area contributed by atoms with Crippen molar-refractivity contribution in [1.82, 2.24) is 5.32 Å². The highest BCUT2D eigenvalue weighted by Crippen LogP contribution is 2.07. The Morgan fingerprint density at radius 3 is 1.69 bits per heavy atom. The molecule has 0 saturated carbocycles. The number of aliphatic hydroxyl groups is 1. The highest BCUT2D eigenvalue weighted by molar-refractivity contribution is 7.85. The largest absolute Gasteiger partial charge is 0.387 e. The lowest BCUT2D eigenvalue weighted by atomic mass is 10.1. The van der Waals surface area contributed by atoms with E-state index in [1.54, 1.807) is 6.08 Å². The van der Waals surface area contributed by atoms with E-state index < -0.39 is 28.0 Å². The minimum Gasteiger partial charge on any atom is -0.387 e. The summed E-state index contributed by atoms with van der Waals surface area (Å²) in [6, 6.07) is -1.10. The first-order valence-corrected chi connectivity index (χ1v) is 17.4. The van der Waals surface area contributed by atoms with Crippen molar-refractivity contribution >= 4 is 16.0 Å². The molecule has 0 aliphatic heterocycles. The van der Waals surface area contributed by atoms with Crippen molar-refractivity contribution in [2.24, 2.45) is 0 Å². The number of aliphatic hydroxyl groups excluding tert-OH is 1. The number of carbonyl (C=O) groups excluding carboxylic acids is 1. The van der Waals surface area contributed by atoms with E-state index in [1.807, 2.05) is 0 Å². The highest BCUT2D eigenvalue weighted by atomic mass is 32.2. The number of nitrogens with one attached hydrogen (secondary N) is 1. The molecule has 0 saturated heterocycles. The topological polar surface area (TPSA) is 104 Å². The van der Waals surface area contributed by atoms with Gasteiger partial charge in [-0.25, -0.2) is 0 Å². The number of amides is 1. The molecule has 0 spiro atoms. The van der Waals surface area contributed by atoms with E-state index in [0.29, 0.717) is 12.8 Å². The van der Waals surface area contributed by atoms with Gasteiger partial charge in [0.05, 0.1) is 17.9 Å². The summed E-state index contributed by atoms with van der Waals surface area (Å²) < 4.78 is 32.2. The van der Waals surface area contributed by atoms with Gasteiger partial charge < -0.3 is 10.4 Å². The van der Waals surface area contributed by atoms with Gasteiger partial charge in [0.2, 0.25) is 5.91 Å². The van der Waals surface area contributed by atoms with Crippen LogP contribution >= 0.6 is 0 Å². The van der Waals surface area contributed by atoms with Gasteiger partial charge in [-0.2, -0.15) is 8.42 Å². The molecule has 7 heteroatoms. The van der Waals surface area contributed by atoms with Gasteiger partial charge in [0.1, 0.15) is 0 Å². The molecule has 1 amide bonds. The molecule has 2 unspecified atom stereocenters. The molecule has 0 fully saturated rings. The lowest BCUT2D eigenvalue weighted by molar-refractivity contribution is -0.122. The Labute approximate surface area is 256 Å². The van der Waals surface area contributed by atoms with Crippen LogP contribution in [0.2, 0.25) is 0 Å². The van der Waals surface area contributed by atoms with Crippen LogP contribution < -0.4 is 5.32 Å². The number of carbonyl (C=O) groups is 1. The molecule has 0 radical (unpaired) electrons. The van der Waals surface area contributed by atoms with Gasteiger partial charge in [0, 0.05) is 6.42 Å². The first kappa shape index (κ1) is 39.5. The maximum absolute atomic E-state index is 12.4. The monoisotopic (exact) mass is 603 g/mol. The molecule has 0 aromatic carbocycles. The van der Waals surface area contributed by atoms with Crippen molar-refractivity contribution in [2.75, 3.05) is 5.75 Å². The quantitative estimate of drug-likeness (QED) is 0.0522. The third kappa shape index (κ3) is 29.0. The molecular weight excluding hydrogens is 546 g/mol.